The van der Waals surface area contributed by atoms with E-state index in [1.165, 1.54) is 6.33 Å². The maximum atomic E-state index is 12.8. The Labute approximate surface area is 124 Å². The number of rotatable bonds is 4. The van der Waals surface area contributed by atoms with Gasteiger partial charge in [-0.25, -0.2) is 4.98 Å². The average Bonchev–Trinajstić information content (AvgIpc) is 2.84. The second-order valence-electron chi connectivity index (χ2n) is 6.05. The molecule has 116 valence electrons. The normalized spacial score (nSPS) is 26.4. The number of nitrogens with zero attached hydrogens (tertiary/aromatic N) is 4. The van der Waals surface area contributed by atoms with Crippen LogP contribution in [0.1, 0.15) is 39.9 Å². The van der Waals surface area contributed by atoms with Crippen LogP contribution < -0.4 is 5.32 Å². The third-order valence-electron chi connectivity index (χ3n) is 4.36. The summed E-state index contributed by atoms with van der Waals surface area (Å²) in [5.74, 6) is 0.549. The van der Waals surface area contributed by atoms with Crippen LogP contribution >= 0.6 is 0 Å². The number of aryl methyl sites for hydroxylation is 1. The second-order valence-corrected chi connectivity index (χ2v) is 6.05. The van der Waals surface area contributed by atoms with E-state index in [1.807, 2.05) is 20.8 Å². The van der Waals surface area contributed by atoms with Crippen LogP contribution in [-0.4, -0.2) is 43.1 Å². The summed E-state index contributed by atoms with van der Waals surface area (Å²) in [7, 11) is 1.78. The van der Waals surface area contributed by atoms with Gasteiger partial charge in [0.05, 0.1) is 6.54 Å². The highest BCUT2D eigenvalue weighted by atomic mass is 16.2. The summed E-state index contributed by atoms with van der Waals surface area (Å²) < 4.78 is 1.63. The summed E-state index contributed by atoms with van der Waals surface area (Å²) in [6.07, 6.45) is 2.00. The van der Waals surface area contributed by atoms with Crippen LogP contribution in [0.5, 0.6) is 0 Å². The van der Waals surface area contributed by atoms with Gasteiger partial charge in [-0.05, 0) is 19.3 Å². The number of piperazine rings is 1. The molecule has 1 N–H and O–H groups in total. The van der Waals surface area contributed by atoms with Crippen LogP contribution in [0.15, 0.2) is 6.33 Å². The van der Waals surface area contributed by atoms with Crippen molar-refractivity contribution in [3.63, 3.8) is 0 Å². The highest BCUT2D eigenvalue weighted by molar-refractivity contribution is 5.99. The SMILES string of the molecule is CCC1(C)C(=O)NC(C(C)C)C(=O)N1Cc1ncnn1C. The number of aromatic nitrogens is 3. The standard InChI is InChI=1S/C14H23N5O2/c1-6-14(4)13(21)17-11(9(2)3)12(20)19(14)7-10-15-8-16-18(10)5/h8-9,11H,6-7H2,1-5H3,(H,17,21). The maximum absolute atomic E-state index is 12.8. The lowest BCUT2D eigenvalue weighted by atomic mass is 9.88. The van der Waals surface area contributed by atoms with Gasteiger partial charge in [0.1, 0.15) is 23.7 Å². The minimum atomic E-state index is -0.853. The van der Waals surface area contributed by atoms with Crippen molar-refractivity contribution in [3.8, 4) is 0 Å². The minimum absolute atomic E-state index is 0.0462. The predicted octanol–water partition coefficient (Wildman–Crippen LogP) is 0.467. The van der Waals surface area contributed by atoms with Crippen LogP contribution in [0.4, 0.5) is 0 Å². The van der Waals surface area contributed by atoms with E-state index in [2.05, 4.69) is 15.4 Å². The van der Waals surface area contributed by atoms with Crippen molar-refractivity contribution in [2.45, 2.75) is 52.2 Å². The summed E-state index contributed by atoms with van der Waals surface area (Å²) in [6, 6.07) is -0.481. The second kappa shape index (κ2) is 5.46. The zero-order valence-electron chi connectivity index (χ0n) is 13.3. The summed E-state index contributed by atoms with van der Waals surface area (Å²) >= 11 is 0. The molecule has 1 saturated heterocycles. The highest BCUT2D eigenvalue weighted by Crippen LogP contribution is 2.28. The molecule has 2 unspecified atom stereocenters. The van der Waals surface area contributed by atoms with Crippen molar-refractivity contribution < 1.29 is 9.59 Å². The van der Waals surface area contributed by atoms with E-state index in [9.17, 15) is 9.59 Å². The molecule has 1 aromatic heterocycles. The van der Waals surface area contributed by atoms with Crippen LogP contribution in [0, 0.1) is 5.92 Å². The fourth-order valence-corrected chi connectivity index (χ4v) is 2.55. The Hall–Kier alpha value is -1.92. The van der Waals surface area contributed by atoms with E-state index >= 15 is 0 Å². The van der Waals surface area contributed by atoms with Gasteiger partial charge in [0.25, 0.3) is 0 Å². The molecule has 2 heterocycles. The fraction of sp³-hybridized carbons (Fsp3) is 0.714. The van der Waals surface area contributed by atoms with Gasteiger partial charge in [-0.3, -0.25) is 14.3 Å². The van der Waals surface area contributed by atoms with Gasteiger partial charge in [0.2, 0.25) is 11.8 Å². The Balaban J connectivity index is 2.37. The lowest BCUT2D eigenvalue weighted by Gasteiger charge is -2.46. The number of carbonyl (C=O) groups excluding carboxylic acids is 2. The maximum Gasteiger partial charge on any atom is 0.246 e. The van der Waals surface area contributed by atoms with E-state index in [1.54, 1.807) is 23.6 Å². The van der Waals surface area contributed by atoms with Gasteiger partial charge in [-0.2, -0.15) is 5.10 Å². The molecule has 0 aromatic carbocycles. The van der Waals surface area contributed by atoms with E-state index in [0.717, 1.165) is 0 Å². The average molecular weight is 293 g/mol. The molecule has 1 aromatic rings. The molecule has 1 aliphatic heterocycles. The number of hydrogen-bond donors (Lipinski definition) is 1. The van der Waals surface area contributed by atoms with Gasteiger partial charge in [-0.1, -0.05) is 20.8 Å². The van der Waals surface area contributed by atoms with Crippen LogP contribution in [0.2, 0.25) is 0 Å². The summed E-state index contributed by atoms with van der Waals surface area (Å²) in [5.41, 5.74) is -0.853. The zero-order valence-corrected chi connectivity index (χ0v) is 13.3. The quantitative estimate of drug-likeness (QED) is 0.875. The molecule has 2 amide bonds. The topological polar surface area (TPSA) is 80.1 Å². The van der Waals surface area contributed by atoms with E-state index in [0.29, 0.717) is 12.2 Å². The van der Waals surface area contributed by atoms with Gasteiger partial charge in [0.15, 0.2) is 0 Å². The number of nitrogens with one attached hydrogen (secondary N) is 1. The van der Waals surface area contributed by atoms with E-state index in [-0.39, 0.29) is 24.3 Å². The summed E-state index contributed by atoms with van der Waals surface area (Å²) in [4.78, 5) is 31.1. The van der Waals surface area contributed by atoms with Gasteiger partial charge >= 0.3 is 0 Å². The molecular formula is C14H23N5O2. The Morgan fingerprint density at radius 3 is 2.57 bits per heavy atom. The van der Waals surface area contributed by atoms with Crippen molar-refractivity contribution >= 4 is 11.8 Å². The molecule has 1 aliphatic rings. The molecule has 21 heavy (non-hydrogen) atoms. The molecule has 2 atom stereocenters. The molecule has 0 spiro atoms. The van der Waals surface area contributed by atoms with Crippen molar-refractivity contribution in [2.75, 3.05) is 0 Å². The lowest BCUT2D eigenvalue weighted by Crippen LogP contribution is -2.70. The lowest BCUT2D eigenvalue weighted by molar-refractivity contribution is -0.159. The summed E-state index contributed by atoms with van der Waals surface area (Å²) in [5, 5.41) is 6.88. The molecule has 7 nitrogen and oxygen atoms in total. The van der Waals surface area contributed by atoms with E-state index in [4.69, 9.17) is 0 Å². The Morgan fingerprint density at radius 2 is 2.10 bits per heavy atom. The van der Waals surface area contributed by atoms with Gasteiger partial charge < -0.3 is 10.2 Å². The largest absolute Gasteiger partial charge is 0.342 e. The molecule has 0 radical (unpaired) electrons. The van der Waals surface area contributed by atoms with Crippen LogP contribution in [0.3, 0.4) is 0 Å². The fourth-order valence-electron chi connectivity index (χ4n) is 2.55. The molecule has 1 fully saturated rings. The van der Waals surface area contributed by atoms with Crippen molar-refractivity contribution in [1.82, 2.24) is 25.0 Å². The Bertz CT molecular complexity index is 553. The highest BCUT2D eigenvalue weighted by Gasteiger charge is 2.49. The smallest absolute Gasteiger partial charge is 0.246 e. The first-order valence-electron chi connectivity index (χ1n) is 7.26. The third-order valence-corrected chi connectivity index (χ3v) is 4.36. The molecule has 0 bridgehead atoms. The van der Waals surface area contributed by atoms with Gasteiger partial charge in [0, 0.05) is 7.05 Å². The number of hydrogen-bond acceptors (Lipinski definition) is 4. The summed E-state index contributed by atoms with van der Waals surface area (Å²) in [6.45, 7) is 7.85. The number of amides is 2. The Kier molecular flexibility index (Phi) is 4.02. The van der Waals surface area contributed by atoms with Crippen molar-refractivity contribution in [3.05, 3.63) is 12.2 Å². The van der Waals surface area contributed by atoms with Crippen molar-refractivity contribution in [1.29, 1.82) is 0 Å². The third kappa shape index (κ3) is 2.52. The molecule has 7 heteroatoms. The van der Waals surface area contributed by atoms with Crippen LogP contribution in [-0.2, 0) is 23.2 Å². The van der Waals surface area contributed by atoms with Crippen molar-refractivity contribution in [2.24, 2.45) is 13.0 Å². The van der Waals surface area contributed by atoms with E-state index < -0.39 is 11.6 Å². The molecule has 2 rings (SSSR count). The Morgan fingerprint density at radius 1 is 1.43 bits per heavy atom. The monoisotopic (exact) mass is 293 g/mol. The first kappa shape index (κ1) is 15.5. The predicted molar refractivity (Wildman–Crippen MR) is 77.0 cm³/mol. The first-order chi connectivity index (χ1) is 9.81. The molecule has 0 aliphatic carbocycles. The number of carbonyl (C=O) groups is 2. The molecular weight excluding hydrogens is 270 g/mol. The first-order valence-corrected chi connectivity index (χ1v) is 7.26. The molecule has 0 saturated carbocycles. The van der Waals surface area contributed by atoms with Gasteiger partial charge in [-0.15, -0.1) is 0 Å². The zero-order chi connectivity index (χ0) is 15.8. The van der Waals surface area contributed by atoms with Crippen LogP contribution in [0.25, 0.3) is 0 Å². The minimum Gasteiger partial charge on any atom is -0.342 e.